The highest BCUT2D eigenvalue weighted by Crippen LogP contribution is 2.30. The first kappa shape index (κ1) is 12.6. The van der Waals surface area contributed by atoms with Crippen LogP contribution in [0.15, 0.2) is 54.6 Å². The number of aryl methyl sites for hydroxylation is 1. The highest BCUT2D eigenvalue weighted by Gasteiger charge is 2.34. The van der Waals surface area contributed by atoms with Crippen LogP contribution in [0.3, 0.4) is 0 Å². The van der Waals surface area contributed by atoms with Crippen molar-refractivity contribution >= 4 is 11.8 Å². The zero-order valence-corrected chi connectivity index (χ0v) is 10.9. The Balaban J connectivity index is 1.89. The van der Waals surface area contributed by atoms with Gasteiger partial charge in [-0.3, -0.25) is 9.59 Å². The molecule has 1 aliphatic carbocycles. The number of ketones is 1. The predicted octanol–water partition coefficient (Wildman–Crippen LogP) is 2.89. The average Bonchev–Trinajstić information content (AvgIpc) is 2.48. The molecule has 0 radical (unpaired) electrons. The van der Waals surface area contributed by atoms with Crippen molar-refractivity contribution < 1.29 is 14.3 Å². The zero-order valence-electron chi connectivity index (χ0n) is 10.9. The maximum atomic E-state index is 12.3. The molecule has 3 rings (SSSR count). The van der Waals surface area contributed by atoms with Crippen molar-refractivity contribution in [2.24, 2.45) is 0 Å². The second-order valence-corrected chi connectivity index (χ2v) is 4.83. The van der Waals surface area contributed by atoms with E-state index in [0.717, 1.165) is 11.1 Å². The van der Waals surface area contributed by atoms with E-state index in [4.69, 9.17) is 4.74 Å². The Bertz CT molecular complexity index is 646. The molecule has 3 heteroatoms. The maximum absolute atomic E-state index is 12.3. The predicted molar refractivity (Wildman–Crippen MR) is 74.6 cm³/mol. The van der Waals surface area contributed by atoms with Crippen LogP contribution in [-0.4, -0.2) is 11.8 Å². The SMILES string of the molecule is O=C1CCc2ccccc2C1C(=O)Oc1ccccc1. The van der Waals surface area contributed by atoms with Crippen LogP contribution in [0, 0.1) is 0 Å². The third-order valence-corrected chi connectivity index (χ3v) is 3.53. The van der Waals surface area contributed by atoms with Crippen LogP contribution >= 0.6 is 0 Å². The fourth-order valence-corrected chi connectivity index (χ4v) is 2.54. The van der Waals surface area contributed by atoms with Crippen LogP contribution in [-0.2, 0) is 16.0 Å². The van der Waals surface area contributed by atoms with Gasteiger partial charge in [0, 0.05) is 6.42 Å². The Hall–Kier alpha value is -2.42. The van der Waals surface area contributed by atoms with Crippen molar-refractivity contribution in [1.82, 2.24) is 0 Å². The number of hydrogen-bond acceptors (Lipinski definition) is 3. The second kappa shape index (κ2) is 5.29. The van der Waals surface area contributed by atoms with Crippen molar-refractivity contribution in [3.63, 3.8) is 0 Å². The number of para-hydroxylation sites is 1. The average molecular weight is 266 g/mol. The van der Waals surface area contributed by atoms with E-state index < -0.39 is 11.9 Å². The summed E-state index contributed by atoms with van der Waals surface area (Å²) in [5.41, 5.74) is 1.84. The van der Waals surface area contributed by atoms with E-state index in [0.29, 0.717) is 18.6 Å². The summed E-state index contributed by atoms with van der Waals surface area (Å²) in [6.45, 7) is 0. The molecule has 2 aromatic carbocycles. The summed E-state index contributed by atoms with van der Waals surface area (Å²) in [5, 5.41) is 0. The van der Waals surface area contributed by atoms with Crippen LogP contribution in [0.2, 0.25) is 0 Å². The Morgan fingerprint density at radius 3 is 2.45 bits per heavy atom. The number of benzene rings is 2. The number of rotatable bonds is 2. The molecule has 20 heavy (non-hydrogen) atoms. The minimum Gasteiger partial charge on any atom is -0.426 e. The van der Waals surface area contributed by atoms with Crippen LogP contribution in [0.5, 0.6) is 5.75 Å². The standard InChI is InChI=1S/C17H14O3/c18-15-11-10-12-6-4-5-9-14(12)16(15)17(19)20-13-7-2-1-3-8-13/h1-9,16H,10-11H2. The van der Waals surface area contributed by atoms with Crippen LogP contribution in [0.4, 0.5) is 0 Å². The molecule has 0 saturated carbocycles. The molecule has 3 nitrogen and oxygen atoms in total. The molecule has 0 spiro atoms. The lowest BCUT2D eigenvalue weighted by atomic mass is 9.82. The number of carbonyl (C=O) groups excluding carboxylic acids is 2. The van der Waals surface area contributed by atoms with E-state index in [2.05, 4.69) is 0 Å². The summed E-state index contributed by atoms with van der Waals surface area (Å²) in [5.74, 6) is -0.883. The Kier molecular flexibility index (Phi) is 3.33. The lowest BCUT2D eigenvalue weighted by Crippen LogP contribution is -2.30. The summed E-state index contributed by atoms with van der Waals surface area (Å²) in [6, 6.07) is 16.4. The smallest absolute Gasteiger partial charge is 0.326 e. The molecule has 0 amide bonds. The fourth-order valence-electron chi connectivity index (χ4n) is 2.54. The molecule has 0 N–H and O–H groups in total. The van der Waals surface area contributed by atoms with Crippen molar-refractivity contribution in [1.29, 1.82) is 0 Å². The lowest BCUT2D eigenvalue weighted by molar-refractivity contribution is -0.140. The molecule has 0 aliphatic heterocycles. The van der Waals surface area contributed by atoms with Gasteiger partial charge < -0.3 is 4.74 Å². The topological polar surface area (TPSA) is 43.4 Å². The molecule has 1 unspecified atom stereocenters. The lowest BCUT2D eigenvalue weighted by Gasteiger charge is -2.22. The third-order valence-electron chi connectivity index (χ3n) is 3.53. The van der Waals surface area contributed by atoms with Gasteiger partial charge in [-0.1, -0.05) is 42.5 Å². The molecular weight excluding hydrogens is 252 g/mol. The Labute approximate surface area is 117 Å². The van der Waals surface area contributed by atoms with Gasteiger partial charge in [0.25, 0.3) is 0 Å². The van der Waals surface area contributed by atoms with Crippen molar-refractivity contribution in [2.75, 3.05) is 0 Å². The maximum Gasteiger partial charge on any atom is 0.326 e. The largest absolute Gasteiger partial charge is 0.426 e. The molecule has 0 bridgehead atoms. The number of Topliss-reactive ketones (excluding diaryl/α,β-unsaturated/α-hetero) is 1. The van der Waals surface area contributed by atoms with E-state index in [1.54, 1.807) is 24.3 Å². The van der Waals surface area contributed by atoms with Crippen LogP contribution in [0.25, 0.3) is 0 Å². The first-order valence-corrected chi connectivity index (χ1v) is 6.63. The molecule has 0 saturated heterocycles. The van der Waals surface area contributed by atoms with E-state index >= 15 is 0 Å². The van der Waals surface area contributed by atoms with Gasteiger partial charge in [0.15, 0.2) is 5.78 Å². The molecule has 2 aromatic rings. The van der Waals surface area contributed by atoms with Crippen molar-refractivity contribution in [3.8, 4) is 5.75 Å². The minimum absolute atomic E-state index is 0.0652. The van der Waals surface area contributed by atoms with Gasteiger partial charge in [-0.25, -0.2) is 0 Å². The molecular formula is C17H14O3. The molecule has 0 heterocycles. The van der Waals surface area contributed by atoms with Gasteiger partial charge in [0.05, 0.1) is 0 Å². The summed E-state index contributed by atoms with van der Waals surface area (Å²) in [7, 11) is 0. The Morgan fingerprint density at radius 2 is 1.65 bits per heavy atom. The third kappa shape index (κ3) is 2.35. The quantitative estimate of drug-likeness (QED) is 0.477. The van der Waals surface area contributed by atoms with E-state index in [9.17, 15) is 9.59 Å². The second-order valence-electron chi connectivity index (χ2n) is 4.83. The fraction of sp³-hybridized carbons (Fsp3) is 0.176. The minimum atomic E-state index is -0.792. The summed E-state index contributed by atoms with van der Waals surface area (Å²) >= 11 is 0. The number of carbonyl (C=O) groups is 2. The van der Waals surface area contributed by atoms with E-state index in [-0.39, 0.29) is 5.78 Å². The van der Waals surface area contributed by atoms with Gasteiger partial charge >= 0.3 is 5.97 Å². The molecule has 0 aromatic heterocycles. The van der Waals surface area contributed by atoms with Crippen LogP contribution in [0.1, 0.15) is 23.5 Å². The first-order chi connectivity index (χ1) is 9.75. The highest BCUT2D eigenvalue weighted by molar-refractivity contribution is 6.06. The van der Waals surface area contributed by atoms with Crippen molar-refractivity contribution in [3.05, 3.63) is 65.7 Å². The number of fused-ring (bicyclic) bond motifs is 1. The number of ether oxygens (including phenoxy) is 1. The van der Waals surface area contributed by atoms with Crippen LogP contribution < -0.4 is 4.74 Å². The van der Waals surface area contributed by atoms with Gasteiger partial charge in [-0.2, -0.15) is 0 Å². The first-order valence-electron chi connectivity index (χ1n) is 6.63. The molecule has 1 atom stereocenters. The highest BCUT2D eigenvalue weighted by atomic mass is 16.5. The van der Waals surface area contributed by atoms with Gasteiger partial charge in [-0.15, -0.1) is 0 Å². The number of hydrogen-bond donors (Lipinski definition) is 0. The molecule has 0 fully saturated rings. The summed E-state index contributed by atoms with van der Waals surface area (Å²) in [4.78, 5) is 24.4. The number of esters is 1. The molecule has 100 valence electrons. The zero-order chi connectivity index (χ0) is 13.9. The van der Waals surface area contributed by atoms with Crippen molar-refractivity contribution in [2.45, 2.75) is 18.8 Å². The summed E-state index contributed by atoms with van der Waals surface area (Å²) < 4.78 is 5.32. The van der Waals surface area contributed by atoms with Gasteiger partial charge in [0.1, 0.15) is 11.7 Å². The van der Waals surface area contributed by atoms with E-state index in [1.165, 1.54) is 0 Å². The normalized spacial score (nSPS) is 17.4. The van der Waals surface area contributed by atoms with E-state index in [1.807, 2.05) is 30.3 Å². The summed E-state index contributed by atoms with van der Waals surface area (Å²) in [6.07, 6.45) is 1.09. The monoisotopic (exact) mass is 266 g/mol. The van der Waals surface area contributed by atoms with Gasteiger partial charge in [-0.05, 0) is 29.7 Å². The van der Waals surface area contributed by atoms with Gasteiger partial charge in [0.2, 0.25) is 0 Å². The Morgan fingerprint density at radius 1 is 0.950 bits per heavy atom. The molecule has 1 aliphatic rings.